The third-order valence-electron chi connectivity index (χ3n) is 3.56. The molecule has 0 radical (unpaired) electrons. The second-order valence-electron chi connectivity index (χ2n) is 5.29. The van der Waals surface area contributed by atoms with Gasteiger partial charge < -0.3 is 4.42 Å². The molecular weight excluding hydrogens is 348 g/mol. The fourth-order valence-corrected chi connectivity index (χ4v) is 3.22. The third-order valence-corrected chi connectivity index (χ3v) is 4.49. The Hall–Kier alpha value is -3.44. The van der Waals surface area contributed by atoms with E-state index in [1.165, 1.54) is 11.8 Å². The van der Waals surface area contributed by atoms with Crippen molar-refractivity contribution in [3.05, 3.63) is 72.6 Å². The van der Waals surface area contributed by atoms with Crippen molar-refractivity contribution in [2.24, 2.45) is 0 Å². The molecule has 0 aromatic carbocycles. The highest BCUT2D eigenvalue weighted by Gasteiger charge is 2.17. The monoisotopic (exact) mass is 360 g/mol. The van der Waals surface area contributed by atoms with E-state index in [-0.39, 0.29) is 0 Å². The Balaban J connectivity index is 1.74. The van der Waals surface area contributed by atoms with Gasteiger partial charge in [0.2, 0.25) is 0 Å². The highest BCUT2D eigenvalue weighted by atomic mass is 32.2. The molecule has 8 heteroatoms. The summed E-state index contributed by atoms with van der Waals surface area (Å²) in [5.41, 5.74) is 1.22. The summed E-state index contributed by atoms with van der Waals surface area (Å²) in [6.45, 7) is 0.477. The lowest BCUT2D eigenvalue weighted by Gasteiger charge is -2.08. The van der Waals surface area contributed by atoms with Gasteiger partial charge in [0.1, 0.15) is 22.5 Å². The van der Waals surface area contributed by atoms with Crippen LogP contribution in [0.5, 0.6) is 0 Å². The molecule has 0 bridgehead atoms. The molecule has 0 saturated heterocycles. The van der Waals surface area contributed by atoms with Crippen LogP contribution in [0.1, 0.15) is 11.5 Å². The van der Waals surface area contributed by atoms with E-state index in [4.69, 9.17) is 9.68 Å². The Bertz CT molecular complexity index is 1050. The first-order valence-electron chi connectivity index (χ1n) is 7.74. The minimum absolute atomic E-state index is 0.361. The second kappa shape index (κ2) is 7.21. The topological polar surface area (TPSA) is 93.4 Å². The van der Waals surface area contributed by atoms with Crippen molar-refractivity contribution >= 4 is 11.8 Å². The normalized spacial score (nSPS) is 10.6. The van der Waals surface area contributed by atoms with Crippen LogP contribution in [-0.4, -0.2) is 24.7 Å². The fraction of sp³-hybridized carbons (Fsp3) is 0.0556. The summed E-state index contributed by atoms with van der Waals surface area (Å²) in [6.07, 6.45) is 5.09. The molecule has 0 unspecified atom stereocenters. The number of nitriles is 1. The first-order valence-corrected chi connectivity index (χ1v) is 8.56. The van der Waals surface area contributed by atoms with Crippen LogP contribution in [0.4, 0.5) is 0 Å². The van der Waals surface area contributed by atoms with Gasteiger partial charge in [0.05, 0.1) is 12.8 Å². The second-order valence-corrected chi connectivity index (χ2v) is 6.28. The SMILES string of the molecule is N#Cc1cccc(Sc2nnc(-c3cccnc3)n2Cc2ccco2)n1. The van der Waals surface area contributed by atoms with Crippen LogP contribution >= 0.6 is 11.8 Å². The minimum Gasteiger partial charge on any atom is -0.467 e. The van der Waals surface area contributed by atoms with E-state index >= 15 is 0 Å². The molecule has 0 amide bonds. The van der Waals surface area contributed by atoms with Crippen molar-refractivity contribution in [1.82, 2.24) is 24.7 Å². The molecule has 0 aliphatic heterocycles. The van der Waals surface area contributed by atoms with E-state index in [0.29, 0.717) is 28.2 Å². The highest BCUT2D eigenvalue weighted by molar-refractivity contribution is 7.99. The van der Waals surface area contributed by atoms with Gasteiger partial charge >= 0.3 is 0 Å². The lowest BCUT2D eigenvalue weighted by molar-refractivity contribution is 0.485. The Labute approximate surface area is 153 Å². The number of hydrogen-bond acceptors (Lipinski definition) is 7. The largest absolute Gasteiger partial charge is 0.467 e. The lowest BCUT2D eigenvalue weighted by atomic mass is 10.2. The molecule has 7 nitrogen and oxygen atoms in total. The van der Waals surface area contributed by atoms with Crippen LogP contribution in [-0.2, 0) is 6.54 Å². The van der Waals surface area contributed by atoms with Gasteiger partial charge in [0, 0.05) is 18.0 Å². The van der Waals surface area contributed by atoms with E-state index in [2.05, 4.69) is 20.2 Å². The van der Waals surface area contributed by atoms with Crippen molar-refractivity contribution in [1.29, 1.82) is 5.26 Å². The summed E-state index contributed by atoms with van der Waals surface area (Å²) in [4.78, 5) is 8.45. The van der Waals surface area contributed by atoms with E-state index < -0.39 is 0 Å². The number of nitrogens with zero attached hydrogens (tertiary/aromatic N) is 6. The fourth-order valence-electron chi connectivity index (χ4n) is 2.40. The third kappa shape index (κ3) is 3.34. The Morgan fingerprint density at radius 3 is 2.85 bits per heavy atom. The molecule has 4 rings (SSSR count). The van der Waals surface area contributed by atoms with Crippen molar-refractivity contribution in [3.8, 4) is 17.5 Å². The summed E-state index contributed by atoms with van der Waals surface area (Å²) in [7, 11) is 0. The summed E-state index contributed by atoms with van der Waals surface area (Å²) in [6, 6.07) is 14.9. The average molecular weight is 360 g/mol. The van der Waals surface area contributed by atoms with Crippen molar-refractivity contribution in [3.63, 3.8) is 0 Å². The van der Waals surface area contributed by atoms with E-state index in [9.17, 15) is 0 Å². The first kappa shape index (κ1) is 16.1. The van der Waals surface area contributed by atoms with Crippen molar-refractivity contribution < 1.29 is 4.42 Å². The first-order chi connectivity index (χ1) is 12.8. The number of rotatable bonds is 5. The minimum atomic E-state index is 0.361. The Morgan fingerprint density at radius 2 is 2.08 bits per heavy atom. The van der Waals surface area contributed by atoms with E-state index in [0.717, 1.165) is 11.3 Å². The van der Waals surface area contributed by atoms with Gasteiger partial charge in [-0.2, -0.15) is 5.26 Å². The van der Waals surface area contributed by atoms with Crippen LogP contribution < -0.4 is 0 Å². The van der Waals surface area contributed by atoms with E-state index in [1.807, 2.05) is 41.0 Å². The maximum absolute atomic E-state index is 9.03. The molecule has 4 aromatic heterocycles. The van der Waals surface area contributed by atoms with Crippen LogP contribution in [0.15, 0.2) is 75.7 Å². The summed E-state index contributed by atoms with van der Waals surface area (Å²) in [5, 5.41) is 19.0. The van der Waals surface area contributed by atoms with Gasteiger partial charge in [-0.15, -0.1) is 10.2 Å². The number of furan rings is 1. The van der Waals surface area contributed by atoms with Gasteiger partial charge in [0.15, 0.2) is 11.0 Å². The average Bonchev–Trinajstić information content (AvgIpc) is 3.34. The van der Waals surface area contributed by atoms with Gasteiger partial charge in [-0.05, 0) is 48.2 Å². The Morgan fingerprint density at radius 1 is 1.12 bits per heavy atom. The zero-order chi connectivity index (χ0) is 17.8. The summed E-state index contributed by atoms with van der Waals surface area (Å²) < 4.78 is 7.43. The molecule has 4 heterocycles. The van der Waals surface area contributed by atoms with Crippen LogP contribution in [0.3, 0.4) is 0 Å². The standard InChI is InChI=1S/C18H12N6OS/c19-10-14-5-1-7-16(21-14)26-18-23-22-17(13-4-2-8-20-11-13)24(18)12-15-6-3-9-25-15/h1-9,11H,12H2. The smallest absolute Gasteiger partial charge is 0.198 e. The molecule has 26 heavy (non-hydrogen) atoms. The van der Waals surface area contributed by atoms with Crippen molar-refractivity contribution in [2.45, 2.75) is 16.7 Å². The molecule has 0 N–H and O–H groups in total. The lowest BCUT2D eigenvalue weighted by Crippen LogP contribution is -2.03. The van der Waals surface area contributed by atoms with Gasteiger partial charge in [-0.3, -0.25) is 9.55 Å². The van der Waals surface area contributed by atoms with Crippen LogP contribution in [0.25, 0.3) is 11.4 Å². The molecule has 0 atom stereocenters. The molecule has 126 valence electrons. The number of hydrogen-bond donors (Lipinski definition) is 0. The molecular formula is C18H12N6OS. The highest BCUT2D eigenvalue weighted by Crippen LogP contribution is 2.29. The quantitative estimate of drug-likeness (QED) is 0.538. The van der Waals surface area contributed by atoms with Crippen LogP contribution in [0.2, 0.25) is 0 Å². The van der Waals surface area contributed by atoms with Gasteiger partial charge in [-0.25, -0.2) is 4.98 Å². The summed E-state index contributed by atoms with van der Waals surface area (Å²) >= 11 is 1.35. The molecule has 0 spiro atoms. The van der Waals surface area contributed by atoms with Gasteiger partial charge in [0.25, 0.3) is 0 Å². The number of pyridine rings is 2. The van der Waals surface area contributed by atoms with Gasteiger partial charge in [-0.1, -0.05) is 6.07 Å². The van der Waals surface area contributed by atoms with E-state index in [1.54, 1.807) is 30.8 Å². The summed E-state index contributed by atoms with van der Waals surface area (Å²) in [5.74, 6) is 1.48. The predicted octanol–water partition coefficient (Wildman–Crippen LogP) is 3.40. The maximum Gasteiger partial charge on any atom is 0.198 e. The zero-order valence-corrected chi connectivity index (χ0v) is 14.3. The number of aromatic nitrogens is 5. The molecule has 0 fully saturated rings. The maximum atomic E-state index is 9.03. The van der Waals surface area contributed by atoms with Crippen molar-refractivity contribution in [2.75, 3.05) is 0 Å². The molecule has 0 aliphatic rings. The molecule has 0 aliphatic carbocycles. The predicted molar refractivity (Wildman–Crippen MR) is 94.1 cm³/mol. The molecule has 4 aromatic rings. The Kier molecular flexibility index (Phi) is 4.45. The zero-order valence-electron chi connectivity index (χ0n) is 13.5. The molecule has 0 saturated carbocycles. The van der Waals surface area contributed by atoms with Crippen LogP contribution in [0, 0.1) is 11.3 Å².